The molecule has 0 radical (unpaired) electrons. The van der Waals surface area contributed by atoms with Gasteiger partial charge in [0.15, 0.2) is 0 Å². The molecule has 0 bridgehead atoms. The second-order valence-corrected chi connectivity index (χ2v) is 7.24. The van der Waals surface area contributed by atoms with Crippen molar-refractivity contribution in [3.05, 3.63) is 59.2 Å². The molecule has 0 saturated heterocycles. The summed E-state index contributed by atoms with van der Waals surface area (Å²) in [5.41, 5.74) is 3.33. The highest BCUT2D eigenvalue weighted by Gasteiger charge is 2.21. The monoisotopic (exact) mass is 399 g/mol. The summed E-state index contributed by atoms with van der Waals surface area (Å²) in [6, 6.07) is 11.4. The van der Waals surface area contributed by atoms with Crippen LogP contribution in [-0.2, 0) is 22.3 Å². The van der Waals surface area contributed by atoms with Crippen LogP contribution >= 0.6 is 11.6 Å². The van der Waals surface area contributed by atoms with Crippen LogP contribution in [0, 0.1) is 0 Å². The summed E-state index contributed by atoms with van der Waals surface area (Å²) in [4.78, 5) is 21.1. The first-order valence-electron chi connectivity index (χ1n) is 7.91. The van der Waals surface area contributed by atoms with Crippen LogP contribution in [0.1, 0.15) is 5.56 Å². The zero-order chi connectivity index (χ0) is 19.0. The molecule has 7 nitrogen and oxygen atoms in total. The average molecular weight is 400 g/mol. The molecule has 136 valence electrons. The minimum atomic E-state index is -2.28. The largest absolute Gasteiger partial charge is 0.768 e. The van der Waals surface area contributed by atoms with Crippen LogP contribution in [0.3, 0.4) is 0 Å². The zero-order valence-electron chi connectivity index (χ0n) is 13.7. The lowest BCUT2D eigenvalue weighted by molar-refractivity contribution is -0.115. The van der Waals surface area contributed by atoms with Gasteiger partial charge in [-0.3, -0.25) is 9.00 Å². The van der Waals surface area contributed by atoms with Crippen molar-refractivity contribution in [3.8, 4) is 11.3 Å². The second kappa shape index (κ2) is 7.07. The standard InChI is InChI=1S/C18H13ClN4O3S/c19-11-1-6-14-15(8-11)22-16(24)7-10-9-20-18(23-17(10)14)21-12-2-4-13(5-3-12)27(25)26/h1-6,8-9H,7H2,(H,22,24)(H,25,26)(H,20,21,23)/p-1. The summed E-state index contributed by atoms with van der Waals surface area (Å²) in [5.74, 6) is 0.169. The number of carbonyl (C=O) groups excluding carboxylic acids is 1. The summed E-state index contributed by atoms with van der Waals surface area (Å²) in [6.07, 6.45) is 1.76. The van der Waals surface area contributed by atoms with Gasteiger partial charge in [0.2, 0.25) is 11.9 Å². The topological polar surface area (TPSA) is 107 Å². The summed E-state index contributed by atoms with van der Waals surface area (Å²) >= 11 is 3.76. The van der Waals surface area contributed by atoms with Crippen LogP contribution in [0.15, 0.2) is 53.6 Å². The van der Waals surface area contributed by atoms with Gasteiger partial charge < -0.3 is 15.2 Å². The van der Waals surface area contributed by atoms with E-state index in [4.69, 9.17) is 11.6 Å². The fraction of sp³-hybridized carbons (Fsp3) is 0.0556. The van der Waals surface area contributed by atoms with Crippen molar-refractivity contribution in [2.45, 2.75) is 11.3 Å². The molecule has 2 N–H and O–H groups in total. The Kier molecular flexibility index (Phi) is 4.61. The number of amides is 1. The minimum absolute atomic E-state index is 0.159. The molecule has 27 heavy (non-hydrogen) atoms. The summed E-state index contributed by atoms with van der Waals surface area (Å²) in [7, 11) is 0. The first-order chi connectivity index (χ1) is 13.0. The van der Waals surface area contributed by atoms with E-state index in [0.29, 0.717) is 33.6 Å². The van der Waals surface area contributed by atoms with Crippen LogP contribution < -0.4 is 10.6 Å². The smallest absolute Gasteiger partial charge is 0.228 e. The molecule has 2 heterocycles. The van der Waals surface area contributed by atoms with Gasteiger partial charge in [0.05, 0.1) is 17.8 Å². The van der Waals surface area contributed by atoms with E-state index in [1.54, 1.807) is 36.5 Å². The first kappa shape index (κ1) is 17.6. The summed E-state index contributed by atoms with van der Waals surface area (Å²) in [6.45, 7) is 0. The maximum Gasteiger partial charge on any atom is 0.228 e. The minimum Gasteiger partial charge on any atom is -0.768 e. The van der Waals surface area contributed by atoms with Gasteiger partial charge in [-0.15, -0.1) is 0 Å². The maximum absolute atomic E-state index is 12.1. The van der Waals surface area contributed by atoms with E-state index in [0.717, 1.165) is 5.56 Å². The van der Waals surface area contributed by atoms with Gasteiger partial charge in [0.1, 0.15) is 0 Å². The van der Waals surface area contributed by atoms with Crippen molar-refractivity contribution in [2.24, 2.45) is 0 Å². The summed E-state index contributed by atoms with van der Waals surface area (Å²) < 4.78 is 21.9. The third-order valence-electron chi connectivity index (χ3n) is 4.03. The second-order valence-electron chi connectivity index (χ2n) is 5.87. The number of anilines is 3. The van der Waals surface area contributed by atoms with Crippen molar-refractivity contribution in [2.75, 3.05) is 10.6 Å². The third kappa shape index (κ3) is 3.68. The number of rotatable bonds is 3. The highest BCUT2D eigenvalue weighted by molar-refractivity contribution is 7.79. The van der Waals surface area contributed by atoms with Gasteiger partial charge in [-0.25, -0.2) is 9.97 Å². The Morgan fingerprint density at radius 3 is 2.70 bits per heavy atom. The SMILES string of the molecule is O=C1Cc2cnc(Nc3ccc(S(=O)[O-])cc3)nc2-c2ccc(Cl)cc2N1. The first-order valence-corrected chi connectivity index (χ1v) is 9.37. The molecule has 0 saturated carbocycles. The number of nitrogens with one attached hydrogen (secondary N) is 2. The zero-order valence-corrected chi connectivity index (χ0v) is 15.3. The molecular weight excluding hydrogens is 388 g/mol. The molecular formula is C18H12ClN4O3S-. The van der Waals surface area contributed by atoms with Gasteiger partial charge in [0, 0.05) is 32.9 Å². The number of aromatic nitrogens is 2. The highest BCUT2D eigenvalue weighted by Crippen LogP contribution is 2.34. The molecule has 4 rings (SSSR count). The molecule has 1 amide bonds. The van der Waals surface area contributed by atoms with Crippen molar-refractivity contribution >= 4 is 45.9 Å². The Morgan fingerprint density at radius 1 is 1.19 bits per heavy atom. The normalized spacial score (nSPS) is 13.8. The Balaban J connectivity index is 1.71. The van der Waals surface area contributed by atoms with Gasteiger partial charge in [-0.1, -0.05) is 11.6 Å². The van der Waals surface area contributed by atoms with Crippen molar-refractivity contribution < 1.29 is 13.6 Å². The van der Waals surface area contributed by atoms with E-state index in [9.17, 15) is 13.6 Å². The van der Waals surface area contributed by atoms with E-state index in [2.05, 4.69) is 20.6 Å². The van der Waals surface area contributed by atoms with E-state index < -0.39 is 11.1 Å². The molecule has 0 aliphatic carbocycles. The van der Waals surface area contributed by atoms with Gasteiger partial charge in [-0.05, 0) is 53.5 Å². The van der Waals surface area contributed by atoms with Crippen LogP contribution in [0.25, 0.3) is 11.3 Å². The van der Waals surface area contributed by atoms with Crippen LogP contribution in [0.2, 0.25) is 5.02 Å². The quantitative estimate of drug-likeness (QED) is 0.654. The molecule has 1 atom stereocenters. The van der Waals surface area contributed by atoms with Crippen LogP contribution in [-0.4, -0.2) is 24.6 Å². The lowest BCUT2D eigenvalue weighted by Crippen LogP contribution is -2.12. The number of fused-ring (bicyclic) bond motifs is 3. The predicted molar refractivity (Wildman–Crippen MR) is 102 cm³/mol. The number of halogens is 1. The molecule has 1 aromatic heterocycles. The average Bonchev–Trinajstić information content (AvgIpc) is 2.77. The Morgan fingerprint density at radius 2 is 1.96 bits per heavy atom. The Hall–Kier alpha value is -2.81. The molecule has 1 aliphatic heterocycles. The number of hydrogen-bond donors (Lipinski definition) is 2. The Labute approximate surface area is 162 Å². The molecule has 9 heteroatoms. The number of carbonyl (C=O) groups is 1. The van der Waals surface area contributed by atoms with Crippen molar-refractivity contribution in [3.63, 3.8) is 0 Å². The molecule has 1 unspecified atom stereocenters. The fourth-order valence-electron chi connectivity index (χ4n) is 2.80. The lowest BCUT2D eigenvalue weighted by Gasteiger charge is -2.11. The van der Waals surface area contributed by atoms with Crippen molar-refractivity contribution in [1.29, 1.82) is 0 Å². The van der Waals surface area contributed by atoms with Crippen molar-refractivity contribution in [1.82, 2.24) is 9.97 Å². The number of nitrogens with zero attached hydrogens (tertiary/aromatic N) is 2. The fourth-order valence-corrected chi connectivity index (χ4v) is 3.33. The van der Waals surface area contributed by atoms with Crippen LogP contribution in [0.4, 0.5) is 17.3 Å². The van der Waals surface area contributed by atoms with Crippen LogP contribution in [0.5, 0.6) is 0 Å². The predicted octanol–water partition coefficient (Wildman–Crippen LogP) is 3.27. The molecule has 3 aromatic rings. The molecule has 0 spiro atoms. The molecule has 1 aliphatic rings. The number of hydrogen-bond acceptors (Lipinski definition) is 6. The van der Waals surface area contributed by atoms with E-state index >= 15 is 0 Å². The Bertz CT molecular complexity index is 1070. The summed E-state index contributed by atoms with van der Waals surface area (Å²) in [5, 5.41) is 6.38. The highest BCUT2D eigenvalue weighted by atomic mass is 35.5. The molecule has 0 fully saturated rings. The van der Waals surface area contributed by atoms with Gasteiger partial charge in [-0.2, -0.15) is 0 Å². The lowest BCUT2D eigenvalue weighted by atomic mass is 10.1. The molecule has 2 aromatic carbocycles. The van der Waals surface area contributed by atoms with E-state index in [-0.39, 0.29) is 17.2 Å². The van der Waals surface area contributed by atoms with E-state index in [1.807, 2.05) is 0 Å². The van der Waals surface area contributed by atoms with E-state index in [1.165, 1.54) is 12.1 Å². The van der Waals surface area contributed by atoms with Gasteiger partial charge >= 0.3 is 0 Å². The number of benzene rings is 2. The third-order valence-corrected chi connectivity index (χ3v) is 4.92. The van der Waals surface area contributed by atoms with Gasteiger partial charge in [0.25, 0.3) is 0 Å². The maximum atomic E-state index is 12.1.